The average Bonchev–Trinajstić information content (AvgIpc) is 3.15. The van der Waals surface area contributed by atoms with Crippen LogP contribution < -0.4 is 10.2 Å². The third-order valence-corrected chi connectivity index (χ3v) is 5.22. The van der Waals surface area contributed by atoms with Crippen LogP contribution in [0.4, 0.5) is 0 Å². The minimum atomic E-state index is -0.783. The van der Waals surface area contributed by atoms with Crippen molar-refractivity contribution < 1.29 is 23.8 Å². The molecule has 8 heteroatoms. The van der Waals surface area contributed by atoms with Gasteiger partial charge in [0.25, 0.3) is 0 Å². The summed E-state index contributed by atoms with van der Waals surface area (Å²) in [7, 11) is 0. The van der Waals surface area contributed by atoms with Gasteiger partial charge < -0.3 is 23.8 Å². The Morgan fingerprint density at radius 2 is 1.91 bits per heavy atom. The summed E-state index contributed by atoms with van der Waals surface area (Å²) < 4.78 is 17.1. The predicted molar refractivity (Wildman–Crippen MR) is 125 cm³/mol. The van der Waals surface area contributed by atoms with Crippen LogP contribution in [0.3, 0.4) is 0 Å². The van der Waals surface area contributed by atoms with E-state index >= 15 is 0 Å². The predicted octanol–water partition coefficient (Wildman–Crippen LogP) is 4.24. The van der Waals surface area contributed by atoms with E-state index < -0.39 is 6.10 Å². The number of aromatic hydroxyl groups is 1. The van der Waals surface area contributed by atoms with E-state index in [-0.39, 0.29) is 52.5 Å². The number of aliphatic hydroxyl groups is 1. The molecule has 2 aromatic carbocycles. The maximum atomic E-state index is 12.3. The Balaban J connectivity index is 0.00000289. The Morgan fingerprint density at radius 3 is 2.62 bits per heavy atom. The summed E-state index contributed by atoms with van der Waals surface area (Å²) >= 11 is 0. The first-order chi connectivity index (χ1) is 15.0. The molecule has 32 heavy (non-hydrogen) atoms. The number of aliphatic hydroxyl groups excluding tert-OH is 1. The normalized spacial score (nSPS) is 12.2. The van der Waals surface area contributed by atoms with E-state index in [9.17, 15) is 15.0 Å². The zero-order valence-corrected chi connectivity index (χ0v) is 18.7. The van der Waals surface area contributed by atoms with Gasteiger partial charge in [-0.25, -0.2) is 0 Å². The lowest BCUT2D eigenvalue weighted by atomic mass is 10.1. The van der Waals surface area contributed by atoms with E-state index in [4.69, 9.17) is 13.6 Å². The lowest BCUT2D eigenvalue weighted by Crippen LogP contribution is -2.35. The highest BCUT2D eigenvalue weighted by Crippen LogP contribution is 2.42. The van der Waals surface area contributed by atoms with Crippen LogP contribution in [0.1, 0.15) is 18.2 Å². The van der Waals surface area contributed by atoms with Gasteiger partial charge in [0.1, 0.15) is 29.6 Å². The smallest absolute Gasteiger partial charge is 0.206 e. The number of rotatable bonds is 8. The first-order valence-electron chi connectivity index (χ1n) is 10.2. The van der Waals surface area contributed by atoms with E-state index in [0.717, 1.165) is 12.1 Å². The monoisotopic (exact) mass is 459 g/mol. The topological polar surface area (TPSA) is 96.3 Å². The fourth-order valence-corrected chi connectivity index (χ4v) is 3.71. The number of hydrogen-bond acceptors (Lipinski definition) is 7. The molecule has 0 aliphatic rings. The number of likely N-dealkylation sites (N-methyl/N-ethyl adjacent to an activating group) is 1. The zero-order valence-electron chi connectivity index (χ0n) is 17.9. The summed E-state index contributed by atoms with van der Waals surface area (Å²) in [6, 6.07) is 12.9. The molecule has 4 aromatic rings. The Morgan fingerprint density at radius 1 is 1.16 bits per heavy atom. The number of nitrogens with zero attached hydrogens (tertiary/aromatic N) is 1. The molecule has 0 bridgehead atoms. The lowest BCUT2D eigenvalue weighted by Gasteiger charge is -2.24. The van der Waals surface area contributed by atoms with Gasteiger partial charge in [-0.05, 0) is 25.1 Å². The van der Waals surface area contributed by atoms with Gasteiger partial charge in [0.05, 0.1) is 11.6 Å². The minimum Gasteiger partial charge on any atom is -0.506 e. The van der Waals surface area contributed by atoms with Crippen LogP contribution in [0.25, 0.3) is 21.9 Å². The molecule has 0 amide bonds. The van der Waals surface area contributed by atoms with Crippen LogP contribution in [0, 0.1) is 6.92 Å². The Kier molecular flexibility index (Phi) is 7.45. The second-order valence-corrected chi connectivity index (χ2v) is 7.54. The number of benzene rings is 2. The molecule has 2 aromatic heterocycles. The van der Waals surface area contributed by atoms with Gasteiger partial charge >= 0.3 is 0 Å². The van der Waals surface area contributed by atoms with Crippen molar-refractivity contribution in [1.29, 1.82) is 0 Å². The van der Waals surface area contributed by atoms with Gasteiger partial charge in [-0.2, -0.15) is 0 Å². The molecule has 0 aliphatic carbocycles. The molecule has 0 aliphatic heterocycles. The number of halogens is 1. The van der Waals surface area contributed by atoms with Crippen molar-refractivity contribution in [3.63, 3.8) is 0 Å². The lowest BCUT2D eigenvalue weighted by molar-refractivity contribution is 0.0678. The summed E-state index contributed by atoms with van der Waals surface area (Å²) in [4.78, 5) is 14.5. The molecule has 4 rings (SSSR count). The van der Waals surface area contributed by atoms with Crippen molar-refractivity contribution >= 4 is 34.3 Å². The van der Waals surface area contributed by atoms with Crippen molar-refractivity contribution in [2.24, 2.45) is 0 Å². The molecule has 0 radical (unpaired) electrons. The molecule has 0 spiro atoms. The molecule has 2 N–H and O–H groups in total. The molecule has 0 saturated heterocycles. The van der Waals surface area contributed by atoms with Crippen LogP contribution in [-0.2, 0) is 6.54 Å². The standard InChI is InChI=1S/C24H25NO6.ClH/c1-3-25(12-16-7-5-4-6-8-16)13-17(26)14-30-24-22-18(11-15(2)31-22)21(28)20-19(27)9-10-29-23(20)24;/h4-11,17,26,28H,3,12-14H2,1-2H3;1H. The maximum absolute atomic E-state index is 12.3. The zero-order chi connectivity index (χ0) is 22.0. The number of fused-ring (bicyclic) bond motifs is 2. The van der Waals surface area contributed by atoms with Gasteiger partial charge in [-0.15, -0.1) is 12.4 Å². The van der Waals surface area contributed by atoms with Gasteiger partial charge in [0.2, 0.25) is 5.75 Å². The number of phenols is 1. The van der Waals surface area contributed by atoms with Crippen LogP contribution in [0.2, 0.25) is 0 Å². The second kappa shape index (κ2) is 10.1. The van der Waals surface area contributed by atoms with E-state index in [2.05, 4.69) is 4.90 Å². The molecule has 2 heterocycles. The Bertz CT molecular complexity index is 1250. The fourth-order valence-electron chi connectivity index (χ4n) is 3.71. The van der Waals surface area contributed by atoms with Crippen LogP contribution in [0.15, 0.2) is 62.4 Å². The van der Waals surface area contributed by atoms with E-state index in [1.807, 2.05) is 37.3 Å². The molecule has 0 saturated carbocycles. The van der Waals surface area contributed by atoms with Gasteiger partial charge in [-0.1, -0.05) is 37.3 Å². The number of aryl methyl sites for hydroxylation is 1. The molecule has 0 fully saturated rings. The highest BCUT2D eigenvalue weighted by atomic mass is 35.5. The summed E-state index contributed by atoms with van der Waals surface area (Å²) in [5, 5.41) is 21.6. The maximum Gasteiger partial charge on any atom is 0.206 e. The Labute approximate surface area is 191 Å². The first-order valence-corrected chi connectivity index (χ1v) is 10.2. The molecule has 7 nitrogen and oxygen atoms in total. The largest absolute Gasteiger partial charge is 0.506 e. The highest BCUT2D eigenvalue weighted by molar-refractivity contribution is 6.06. The Hall–Kier alpha value is -3.00. The fraction of sp³-hybridized carbons (Fsp3) is 0.292. The van der Waals surface area contributed by atoms with Crippen molar-refractivity contribution in [2.45, 2.75) is 26.5 Å². The SMILES string of the molecule is CCN(Cc1ccccc1)CC(O)COc1c2oc(C)cc2c(O)c2c(=O)ccoc12.Cl. The quantitative estimate of drug-likeness (QED) is 0.407. The van der Waals surface area contributed by atoms with Crippen LogP contribution in [-0.4, -0.2) is 40.9 Å². The van der Waals surface area contributed by atoms with E-state index in [1.165, 1.54) is 12.3 Å². The molecular weight excluding hydrogens is 434 g/mol. The summed E-state index contributed by atoms with van der Waals surface area (Å²) in [5.41, 5.74) is 1.15. The van der Waals surface area contributed by atoms with Crippen molar-refractivity contribution in [3.05, 3.63) is 70.3 Å². The van der Waals surface area contributed by atoms with Crippen molar-refractivity contribution in [2.75, 3.05) is 19.7 Å². The van der Waals surface area contributed by atoms with Crippen molar-refractivity contribution in [1.82, 2.24) is 4.90 Å². The minimum absolute atomic E-state index is 0. The molecule has 1 unspecified atom stereocenters. The first kappa shape index (κ1) is 23.7. The third-order valence-electron chi connectivity index (χ3n) is 5.22. The number of phenolic OH excluding ortho intramolecular Hbond substituents is 1. The van der Waals surface area contributed by atoms with Crippen LogP contribution in [0.5, 0.6) is 11.5 Å². The van der Waals surface area contributed by atoms with Gasteiger partial charge in [0, 0.05) is 19.2 Å². The van der Waals surface area contributed by atoms with Gasteiger partial charge in [-0.3, -0.25) is 9.69 Å². The van der Waals surface area contributed by atoms with Gasteiger partial charge in [0.15, 0.2) is 16.6 Å². The number of ether oxygens (including phenoxy) is 1. The third kappa shape index (κ3) is 4.75. The summed E-state index contributed by atoms with van der Waals surface area (Å²) in [6.07, 6.45) is 0.460. The summed E-state index contributed by atoms with van der Waals surface area (Å²) in [6.45, 7) is 5.64. The highest BCUT2D eigenvalue weighted by Gasteiger charge is 2.23. The van der Waals surface area contributed by atoms with E-state index in [0.29, 0.717) is 24.2 Å². The number of furan rings is 1. The molecule has 1 atom stereocenters. The van der Waals surface area contributed by atoms with E-state index in [1.54, 1.807) is 13.0 Å². The van der Waals surface area contributed by atoms with Crippen molar-refractivity contribution in [3.8, 4) is 11.5 Å². The van der Waals surface area contributed by atoms with Crippen LogP contribution >= 0.6 is 12.4 Å². The molecular formula is C24H26ClNO6. The summed E-state index contributed by atoms with van der Waals surface area (Å²) in [5.74, 6) is 0.543. The second-order valence-electron chi connectivity index (χ2n) is 7.54. The average molecular weight is 460 g/mol. The number of hydrogen-bond donors (Lipinski definition) is 2. The molecule has 170 valence electrons.